The van der Waals surface area contributed by atoms with Crippen LogP contribution in [0.1, 0.15) is 40.7 Å². The third-order valence-electron chi connectivity index (χ3n) is 5.47. The Hall–Kier alpha value is -2.74. The van der Waals surface area contributed by atoms with Gasteiger partial charge in [-0.25, -0.2) is 4.39 Å². The zero-order chi connectivity index (χ0) is 21.3. The normalized spacial score (nSPS) is 15.0. The van der Waals surface area contributed by atoms with Crippen LogP contribution in [0, 0.1) is 18.7 Å². The summed E-state index contributed by atoms with van der Waals surface area (Å²) < 4.78 is 20.1. The van der Waals surface area contributed by atoms with Crippen molar-refractivity contribution in [1.82, 2.24) is 14.7 Å². The number of fused-ring (bicyclic) bond motifs is 1. The average molecular weight is 430 g/mol. The molecule has 1 fully saturated rings. The van der Waals surface area contributed by atoms with Crippen molar-refractivity contribution < 1.29 is 18.7 Å². The number of carbonyl (C=O) groups excluding carboxylic acids is 2. The van der Waals surface area contributed by atoms with Crippen LogP contribution in [0.25, 0.3) is 10.2 Å². The molecule has 158 valence electrons. The predicted octanol–water partition coefficient (Wildman–Crippen LogP) is 4.01. The monoisotopic (exact) mass is 429 g/mol. The molecule has 0 radical (unpaired) electrons. The van der Waals surface area contributed by atoms with Crippen LogP contribution < -0.4 is 0 Å². The van der Waals surface area contributed by atoms with Crippen molar-refractivity contribution in [2.24, 2.45) is 5.92 Å². The van der Waals surface area contributed by atoms with Gasteiger partial charge in [0.1, 0.15) is 10.6 Å². The molecular formula is C22H24FN3O3S. The van der Waals surface area contributed by atoms with Crippen LogP contribution in [0.15, 0.2) is 30.3 Å². The standard InChI is InChI=1S/C22H24FN3O3S/c1-3-29-22(28)16-8-10-25(11-9-16)20(27)19-12-18-14(2)24-26(21(18)30-19)13-15-4-6-17(23)7-5-15/h4-7,12,16H,3,8-11,13H2,1-2H3. The first-order valence-corrected chi connectivity index (χ1v) is 10.9. The Bertz CT molecular complexity index is 1070. The number of benzene rings is 1. The lowest BCUT2D eigenvalue weighted by Crippen LogP contribution is -2.40. The number of hydrogen-bond donors (Lipinski definition) is 0. The van der Waals surface area contributed by atoms with Crippen molar-refractivity contribution in [2.75, 3.05) is 19.7 Å². The van der Waals surface area contributed by atoms with Crippen LogP contribution in [0.3, 0.4) is 0 Å². The second-order valence-corrected chi connectivity index (χ2v) is 8.55. The summed E-state index contributed by atoms with van der Waals surface area (Å²) in [7, 11) is 0. The molecule has 0 saturated carbocycles. The number of halogens is 1. The number of nitrogens with zero attached hydrogens (tertiary/aromatic N) is 3. The van der Waals surface area contributed by atoms with Crippen LogP contribution in [0.2, 0.25) is 0 Å². The fraction of sp³-hybridized carbons (Fsp3) is 0.409. The minimum atomic E-state index is -0.267. The summed E-state index contributed by atoms with van der Waals surface area (Å²) >= 11 is 1.43. The molecule has 30 heavy (non-hydrogen) atoms. The molecular weight excluding hydrogens is 405 g/mol. The van der Waals surface area contributed by atoms with Crippen molar-refractivity contribution in [3.05, 3.63) is 52.3 Å². The molecule has 1 aliphatic heterocycles. The van der Waals surface area contributed by atoms with E-state index >= 15 is 0 Å². The van der Waals surface area contributed by atoms with Crippen molar-refractivity contribution in [3.63, 3.8) is 0 Å². The highest BCUT2D eigenvalue weighted by atomic mass is 32.1. The number of rotatable bonds is 5. The molecule has 3 heterocycles. The second kappa shape index (κ2) is 8.55. The molecule has 1 aliphatic rings. The van der Waals surface area contributed by atoms with Crippen LogP contribution in [0.4, 0.5) is 4.39 Å². The Morgan fingerprint density at radius 2 is 1.93 bits per heavy atom. The minimum Gasteiger partial charge on any atom is -0.466 e. The van der Waals surface area contributed by atoms with Gasteiger partial charge in [-0.1, -0.05) is 12.1 Å². The maximum atomic E-state index is 13.2. The van der Waals surface area contributed by atoms with E-state index in [0.717, 1.165) is 21.5 Å². The average Bonchev–Trinajstić information content (AvgIpc) is 3.31. The molecule has 0 N–H and O–H groups in total. The molecule has 2 aromatic heterocycles. The Morgan fingerprint density at radius 3 is 2.60 bits per heavy atom. The van der Waals surface area contributed by atoms with Gasteiger partial charge < -0.3 is 9.64 Å². The van der Waals surface area contributed by atoms with Gasteiger partial charge in [0.05, 0.1) is 29.6 Å². The first-order valence-electron chi connectivity index (χ1n) is 10.1. The van der Waals surface area contributed by atoms with E-state index in [4.69, 9.17) is 4.74 Å². The number of thiophene rings is 1. The molecule has 4 rings (SSSR count). The second-order valence-electron chi connectivity index (χ2n) is 7.52. The first kappa shape index (κ1) is 20.5. The SMILES string of the molecule is CCOC(=O)C1CCN(C(=O)c2cc3c(C)nn(Cc4ccc(F)cc4)c3s2)CC1. The number of likely N-dealkylation sites (tertiary alicyclic amines) is 1. The summed E-state index contributed by atoms with van der Waals surface area (Å²) in [5.41, 5.74) is 1.81. The quantitative estimate of drug-likeness (QED) is 0.575. The summed E-state index contributed by atoms with van der Waals surface area (Å²) in [6.07, 6.45) is 1.26. The van der Waals surface area contributed by atoms with Gasteiger partial charge in [0, 0.05) is 18.5 Å². The summed E-state index contributed by atoms with van der Waals surface area (Å²) in [6.45, 7) is 5.73. The number of aryl methyl sites for hydroxylation is 1. The van der Waals surface area contributed by atoms with Crippen LogP contribution in [-0.2, 0) is 16.1 Å². The number of aromatic nitrogens is 2. The minimum absolute atomic E-state index is 0.00811. The van der Waals surface area contributed by atoms with Crippen molar-refractivity contribution >= 4 is 33.4 Å². The summed E-state index contributed by atoms with van der Waals surface area (Å²) in [6, 6.07) is 8.26. The molecule has 8 heteroatoms. The highest BCUT2D eigenvalue weighted by Gasteiger charge is 2.29. The van der Waals surface area contributed by atoms with Gasteiger partial charge in [-0.15, -0.1) is 11.3 Å². The lowest BCUT2D eigenvalue weighted by molar-refractivity contribution is -0.149. The summed E-state index contributed by atoms with van der Waals surface area (Å²) in [4.78, 5) is 28.4. The van der Waals surface area contributed by atoms with Gasteiger partial charge in [0.2, 0.25) is 0 Å². The molecule has 1 aromatic carbocycles. The van der Waals surface area contributed by atoms with E-state index in [1.54, 1.807) is 19.1 Å². The topological polar surface area (TPSA) is 64.4 Å². The van der Waals surface area contributed by atoms with Crippen molar-refractivity contribution in [1.29, 1.82) is 0 Å². The number of esters is 1. The van der Waals surface area contributed by atoms with Gasteiger partial charge in [0.15, 0.2) is 0 Å². The third kappa shape index (κ3) is 4.09. The zero-order valence-electron chi connectivity index (χ0n) is 17.1. The number of carbonyl (C=O) groups is 2. The molecule has 0 unspecified atom stereocenters. The molecule has 0 atom stereocenters. The highest BCUT2D eigenvalue weighted by Crippen LogP contribution is 2.31. The van der Waals surface area contributed by atoms with Gasteiger partial charge in [-0.05, 0) is 50.5 Å². The Morgan fingerprint density at radius 1 is 1.23 bits per heavy atom. The number of ether oxygens (including phenoxy) is 1. The highest BCUT2D eigenvalue weighted by molar-refractivity contribution is 7.20. The molecule has 3 aromatic rings. The fourth-order valence-electron chi connectivity index (χ4n) is 3.82. The molecule has 0 spiro atoms. The Labute approximate surface area is 178 Å². The lowest BCUT2D eigenvalue weighted by Gasteiger charge is -2.30. The third-order valence-corrected chi connectivity index (χ3v) is 6.60. The van der Waals surface area contributed by atoms with E-state index in [1.807, 2.05) is 22.6 Å². The molecule has 0 bridgehead atoms. The summed E-state index contributed by atoms with van der Waals surface area (Å²) in [5, 5.41) is 5.55. The van der Waals surface area contributed by atoms with Gasteiger partial charge >= 0.3 is 5.97 Å². The predicted molar refractivity (Wildman–Crippen MR) is 113 cm³/mol. The Kier molecular flexibility index (Phi) is 5.85. The van der Waals surface area contributed by atoms with Gasteiger partial charge in [0.25, 0.3) is 5.91 Å². The van der Waals surface area contributed by atoms with Crippen LogP contribution in [0.5, 0.6) is 0 Å². The zero-order valence-corrected chi connectivity index (χ0v) is 17.9. The van der Waals surface area contributed by atoms with E-state index in [0.29, 0.717) is 44.0 Å². The molecule has 0 aliphatic carbocycles. The lowest BCUT2D eigenvalue weighted by atomic mass is 9.97. The molecule has 6 nitrogen and oxygen atoms in total. The maximum absolute atomic E-state index is 13.2. The van der Waals surface area contributed by atoms with Crippen molar-refractivity contribution in [3.8, 4) is 0 Å². The van der Waals surface area contributed by atoms with E-state index in [9.17, 15) is 14.0 Å². The van der Waals surface area contributed by atoms with E-state index in [-0.39, 0.29) is 23.6 Å². The van der Waals surface area contributed by atoms with Crippen molar-refractivity contribution in [2.45, 2.75) is 33.2 Å². The van der Waals surface area contributed by atoms with E-state index in [2.05, 4.69) is 5.10 Å². The number of hydrogen-bond acceptors (Lipinski definition) is 5. The number of piperidine rings is 1. The van der Waals surface area contributed by atoms with Crippen LogP contribution in [-0.4, -0.2) is 46.3 Å². The van der Waals surface area contributed by atoms with Crippen LogP contribution >= 0.6 is 11.3 Å². The maximum Gasteiger partial charge on any atom is 0.309 e. The van der Waals surface area contributed by atoms with Gasteiger partial charge in [-0.2, -0.15) is 5.10 Å². The smallest absolute Gasteiger partial charge is 0.309 e. The molecule has 1 saturated heterocycles. The first-order chi connectivity index (χ1) is 14.5. The molecule has 1 amide bonds. The van der Waals surface area contributed by atoms with E-state index in [1.165, 1.54) is 23.5 Å². The van der Waals surface area contributed by atoms with E-state index < -0.39 is 0 Å². The summed E-state index contributed by atoms with van der Waals surface area (Å²) in [5.74, 6) is -0.562. The Balaban J connectivity index is 1.49. The number of amides is 1. The van der Waals surface area contributed by atoms with Gasteiger partial charge in [-0.3, -0.25) is 14.3 Å². The fourth-order valence-corrected chi connectivity index (χ4v) is 4.95. The largest absolute Gasteiger partial charge is 0.466 e.